The van der Waals surface area contributed by atoms with Gasteiger partial charge in [0.1, 0.15) is 6.04 Å². The second-order valence-corrected chi connectivity index (χ2v) is 13.6. The normalized spacial score (nSPS) is 14.1. The number of aromatic nitrogens is 4. The molecule has 1 saturated heterocycles. The summed E-state index contributed by atoms with van der Waals surface area (Å²) in [5.41, 5.74) is 4.20. The molecule has 13 nitrogen and oxygen atoms in total. The lowest BCUT2D eigenvalue weighted by Crippen LogP contribution is -2.33. The first-order valence-corrected chi connectivity index (χ1v) is 21.3. The highest BCUT2D eigenvalue weighted by Gasteiger charge is 2.35. The first-order chi connectivity index (χ1) is 27.9. The summed E-state index contributed by atoms with van der Waals surface area (Å²) in [4.78, 5) is 28.9. The molecule has 0 radical (unpaired) electrons. The number of benzene rings is 1. The standard InChI is InChI=1S/C29H46N8O2.C7H10N2.C3H8.C2H7N.2C2H6/c1-8-22(11-10-21(3)26(38)30-5)12-13-23-20-24(27(39)32-18-19-37(6)7)14-15-25(23)29(4,16-17-31-9-2)28-33-35-36-34-28;1-2-9-5-3-4-7(9)6-8;2*1-3-2;2*1-2/h8,10,14-15,20,31H,9,11-13,16-19H2,1-7H3,(H,30,38)(H,32,39)(H,33,34,35,36);2,7H,1,3-5H2;3H2,1-2H3;3H,1-2H3;2*1-2H3/b21-10+,22-8+;;;;;. The van der Waals surface area contributed by atoms with Crippen LogP contribution in [-0.2, 0) is 16.6 Å². The van der Waals surface area contributed by atoms with Crippen molar-refractivity contribution in [1.82, 2.24) is 51.7 Å². The SMILES string of the molecule is C/C=C(\C/C=C(\C)C(=O)NC)CCc1cc(C(=O)NCCN(C)C)ccc1C(C)(CCNCC)c1nn[nH]n1.C=CN1CCCC1C#N.CC.CC.CCC.CNC. The van der Waals surface area contributed by atoms with E-state index in [1.165, 1.54) is 12.0 Å². The molecule has 2 atom stereocenters. The van der Waals surface area contributed by atoms with Crippen molar-refractivity contribution in [3.63, 3.8) is 0 Å². The quantitative estimate of drug-likeness (QED) is 0.0628. The van der Waals surface area contributed by atoms with Gasteiger partial charge in [-0.15, -0.1) is 10.2 Å². The molecule has 1 aliphatic heterocycles. The maximum atomic E-state index is 13.0. The van der Waals surface area contributed by atoms with Gasteiger partial charge in [-0.3, -0.25) is 9.59 Å². The lowest BCUT2D eigenvalue weighted by atomic mass is 9.75. The molecule has 1 fully saturated rings. The van der Waals surface area contributed by atoms with Gasteiger partial charge in [-0.2, -0.15) is 10.5 Å². The van der Waals surface area contributed by atoms with E-state index in [0.29, 0.717) is 29.9 Å². The molecule has 0 aliphatic carbocycles. The molecule has 1 aromatic carbocycles. The van der Waals surface area contributed by atoms with Crippen LogP contribution in [0.3, 0.4) is 0 Å². The minimum atomic E-state index is -0.504. The number of nitrogens with one attached hydrogen (secondary N) is 5. The van der Waals surface area contributed by atoms with Crippen LogP contribution < -0.4 is 21.3 Å². The van der Waals surface area contributed by atoms with E-state index >= 15 is 0 Å². The van der Waals surface area contributed by atoms with Crippen molar-refractivity contribution in [2.45, 2.75) is 126 Å². The third kappa shape index (κ3) is 23.1. The Kier molecular flexibility index (Phi) is 36.9. The number of likely N-dealkylation sites (N-methyl/N-ethyl adjacent to an activating group) is 2. The summed E-state index contributed by atoms with van der Waals surface area (Å²) in [6, 6.07) is 8.26. The third-order valence-corrected chi connectivity index (χ3v) is 8.75. The molecule has 2 aromatic rings. The Bertz CT molecular complexity index is 1450. The van der Waals surface area contributed by atoms with E-state index in [4.69, 9.17) is 5.26 Å². The van der Waals surface area contributed by atoms with Gasteiger partial charge in [0.05, 0.1) is 11.5 Å². The molecule has 3 rings (SSSR count). The topological polar surface area (TPSA) is 167 Å². The number of likely N-dealkylation sites (tertiary alicyclic amines) is 1. The van der Waals surface area contributed by atoms with Crippen LogP contribution in [0, 0.1) is 11.3 Å². The van der Waals surface area contributed by atoms with Crippen LogP contribution in [0.15, 0.2) is 54.3 Å². The Balaban J connectivity index is -0.00000132. The highest BCUT2D eigenvalue weighted by molar-refractivity contribution is 5.94. The molecule has 330 valence electrons. The maximum absolute atomic E-state index is 13.0. The molecule has 0 bridgehead atoms. The number of allylic oxidation sites excluding steroid dienone is 3. The smallest absolute Gasteiger partial charge is 0.251 e. The summed E-state index contributed by atoms with van der Waals surface area (Å²) in [5.74, 6) is 0.464. The van der Waals surface area contributed by atoms with Gasteiger partial charge in [0.25, 0.3) is 5.91 Å². The number of hydrogen-bond donors (Lipinski definition) is 5. The number of carbonyl (C=O) groups is 2. The van der Waals surface area contributed by atoms with E-state index in [1.807, 2.05) is 104 Å². The zero-order valence-corrected chi connectivity index (χ0v) is 39.2. The van der Waals surface area contributed by atoms with E-state index in [0.717, 1.165) is 69.4 Å². The van der Waals surface area contributed by atoms with Crippen molar-refractivity contribution in [1.29, 1.82) is 5.26 Å². The highest BCUT2D eigenvalue weighted by Crippen LogP contribution is 2.36. The van der Waals surface area contributed by atoms with Gasteiger partial charge in [0.2, 0.25) is 5.91 Å². The summed E-state index contributed by atoms with van der Waals surface area (Å²) >= 11 is 0. The zero-order valence-electron chi connectivity index (χ0n) is 39.2. The van der Waals surface area contributed by atoms with Crippen molar-refractivity contribution in [3.8, 4) is 6.07 Å². The molecule has 2 amide bonds. The second kappa shape index (κ2) is 36.9. The van der Waals surface area contributed by atoms with Crippen molar-refractivity contribution in [2.75, 3.05) is 68.0 Å². The molecular weight excluding hydrogens is 727 g/mol. The van der Waals surface area contributed by atoms with Crippen molar-refractivity contribution >= 4 is 11.8 Å². The largest absolute Gasteiger partial charge is 0.362 e. The van der Waals surface area contributed by atoms with Crippen LogP contribution in [0.2, 0.25) is 0 Å². The number of nitriles is 1. The molecule has 2 heterocycles. The van der Waals surface area contributed by atoms with Crippen LogP contribution in [0.25, 0.3) is 0 Å². The van der Waals surface area contributed by atoms with Gasteiger partial charge in [0.15, 0.2) is 5.82 Å². The summed E-state index contributed by atoms with van der Waals surface area (Å²) < 4.78 is 0. The monoisotopic (exact) mass is 810 g/mol. The summed E-state index contributed by atoms with van der Waals surface area (Å²) in [7, 11) is 9.35. The summed E-state index contributed by atoms with van der Waals surface area (Å²) in [6.07, 6.45) is 12.2. The number of carbonyl (C=O) groups excluding carboxylic acids is 2. The van der Waals surface area contributed by atoms with Crippen molar-refractivity contribution in [2.24, 2.45) is 0 Å². The van der Waals surface area contributed by atoms with Gasteiger partial charge < -0.3 is 31.1 Å². The van der Waals surface area contributed by atoms with Crippen LogP contribution in [0.1, 0.15) is 135 Å². The average molecular weight is 810 g/mol. The molecule has 5 N–H and O–H groups in total. The third-order valence-electron chi connectivity index (χ3n) is 8.75. The van der Waals surface area contributed by atoms with Gasteiger partial charge in [-0.05, 0) is 130 Å². The summed E-state index contributed by atoms with van der Waals surface area (Å²) in [6.45, 7) is 27.9. The number of nitrogens with zero attached hydrogens (tertiary/aromatic N) is 6. The molecule has 0 spiro atoms. The predicted octanol–water partition coefficient (Wildman–Crippen LogP) is 7.18. The van der Waals surface area contributed by atoms with Crippen molar-refractivity contribution < 1.29 is 9.59 Å². The number of hydrogen-bond acceptors (Lipinski definition) is 10. The maximum Gasteiger partial charge on any atom is 0.251 e. The van der Waals surface area contributed by atoms with E-state index in [1.54, 1.807) is 13.2 Å². The Labute approximate surface area is 354 Å². The Morgan fingerprint density at radius 3 is 2.24 bits per heavy atom. The minimum Gasteiger partial charge on any atom is -0.362 e. The Morgan fingerprint density at radius 1 is 1.12 bits per heavy atom. The highest BCUT2D eigenvalue weighted by atomic mass is 16.2. The molecule has 1 aromatic heterocycles. The minimum absolute atomic E-state index is 0.0720. The fraction of sp³-hybridized carbons (Fsp3) is 0.644. The number of tetrazole rings is 1. The van der Waals surface area contributed by atoms with E-state index < -0.39 is 5.41 Å². The lowest BCUT2D eigenvalue weighted by Gasteiger charge is -2.30. The number of rotatable bonds is 17. The number of H-pyrrole nitrogens is 1. The number of amides is 2. The van der Waals surface area contributed by atoms with E-state index in [2.05, 4.69) is 88.3 Å². The Morgan fingerprint density at radius 2 is 1.76 bits per heavy atom. The van der Waals surface area contributed by atoms with Gasteiger partial charge in [0, 0.05) is 37.8 Å². The number of aryl methyl sites for hydroxylation is 1. The molecule has 1 aliphatic rings. The first-order valence-electron chi connectivity index (χ1n) is 21.3. The van der Waals surface area contributed by atoms with Gasteiger partial charge in [-0.1, -0.05) is 90.5 Å². The molecule has 58 heavy (non-hydrogen) atoms. The summed E-state index contributed by atoms with van der Waals surface area (Å²) in [5, 5.41) is 35.6. The zero-order chi connectivity index (χ0) is 44.9. The van der Waals surface area contributed by atoms with Crippen LogP contribution >= 0.6 is 0 Å². The predicted molar refractivity (Wildman–Crippen MR) is 245 cm³/mol. The van der Waals surface area contributed by atoms with Gasteiger partial charge in [-0.25, -0.2) is 0 Å². The molecule has 0 saturated carbocycles. The van der Waals surface area contributed by atoms with E-state index in [9.17, 15) is 9.59 Å². The molecule has 2 unspecified atom stereocenters. The van der Waals surface area contributed by atoms with Crippen LogP contribution in [0.5, 0.6) is 0 Å². The van der Waals surface area contributed by atoms with Gasteiger partial charge >= 0.3 is 0 Å². The molecular formula is C45H83N11O2. The van der Waals surface area contributed by atoms with Crippen LogP contribution in [-0.4, -0.2) is 116 Å². The van der Waals surface area contributed by atoms with Crippen LogP contribution in [0.4, 0.5) is 0 Å². The molecule has 13 heteroatoms. The fourth-order valence-electron chi connectivity index (χ4n) is 5.63. The lowest BCUT2D eigenvalue weighted by molar-refractivity contribution is -0.117. The van der Waals surface area contributed by atoms with E-state index in [-0.39, 0.29) is 17.9 Å². The Hall–Kier alpha value is -4.38. The fourth-order valence-corrected chi connectivity index (χ4v) is 5.63. The number of aromatic amines is 1. The van der Waals surface area contributed by atoms with Crippen molar-refractivity contribution in [3.05, 3.63) is 76.8 Å². The second-order valence-electron chi connectivity index (χ2n) is 13.6. The average Bonchev–Trinajstić information content (AvgIpc) is 3.96. The first kappa shape index (κ1) is 57.9.